The number of rotatable bonds is 3. The van der Waals surface area contributed by atoms with Crippen LogP contribution in [0, 0.1) is 0 Å². The third-order valence-electron chi connectivity index (χ3n) is 2.65. The average molecular weight is 243 g/mol. The minimum Gasteiger partial charge on any atom is -0.337 e. The third kappa shape index (κ3) is 2.02. The molecule has 18 heavy (non-hydrogen) atoms. The molecule has 0 aliphatic rings. The van der Waals surface area contributed by atoms with Gasteiger partial charge in [0, 0.05) is 19.0 Å². The van der Waals surface area contributed by atoms with Crippen molar-refractivity contribution >= 4 is 16.7 Å². The Kier molecular flexibility index (Phi) is 3.23. The molecule has 0 fully saturated rings. The van der Waals surface area contributed by atoms with E-state index < -0.39 is 0 Å². The first kappa shape index (κ1) is 12.0. The van der Waals surface area contributed by atoms with E-state index in [1.54, 1.807) is 37.4 Å². The van der Waals surface area contributed by atoms with E-state index in [1.165, 1.54) is 4.90 Å². The molecular formula is C13H13N3O2. The molecule has 2 aromatic rings. The van der Waals surface area contributed by atoms with E-state index in [0.717, 1.165) is 0 Å². The number of fused-ring (bicyclic) bond motifs is 1. The molecule has 1 aromatic carbocycles. The Hall–Kier alpha value is -2.43. The van der Waals surface area contributed by atoms with Crippen molar-refractivity contribution in [1.82, 2.24) is 15.1 Å². The Morgan fingerprint density at radius 3 is 2.78 bits per heavy atom. The van der Waals surface area contributed by atoms with E-state index >= 15 is 0 Å². The van der Waals surface area contributed by atoms with E-state index in [0.29, 0.717) is 17.3 Å². The maximum absolute atomic E-state index is 12.2. The van der Waals surface area contributed by atoms with Gasteiger partial charge in [-0.15, -0.1) is 6.58 Å². The molecule has 1 N–H and O–H groups in total. The summed E-state index contributed by atoms with van der Waals surface area (Å²) in [4.78, 5) is 25.2. The second-order valence-electron chi connectivity index (χ2n) is 3.92. The second kappa shape index (κ2) is 4.83. The molecule has 0 unspecified atom stereocenters. The van der Waals surface area contributed by atoms with Gasteiger partial charge in [-0.2, -0.15) is 5.10 Å². The maximum Gasteiger partial charge on any atom is 0.274 e. The molecule has 0 radical (unpaired) electrons. The normalized spacial score (nSPS) is 10.3. The van der Waals surface area contributed by atoms with Gasteiger partial charge >= 0.3 is 0 Å². The molecule has 1 aromatic heterocycles. The van der Waals surface area contributed by atoms with E-state index in [9.17, 15) is 9.59 Å². The minimum atomic E-state index is -0.298. The van der Waals surface area contributed by atoms with Gasteiger partial charge in [-0.1, -0.05) is 24.3 Å². The molecular weight excluding hydrogens is 230 g/mol. The number of likely N-dealkylation sites (N-methyl/N-ethyl adjacent to an activating group) is 1. The van der Waals surface area contributed by atoms with E-state index in [1.807, 2.05) is 0 Å². The molecule has 2 rings (SSSR count). The third-order valence-corrected chi connectivity index (χ3v) is 2.65. The number of aromatic nitrogens is 2. The molecule has 5 heteroatoms. The molecule has 0 saturated heterocycles. The van der Waals surface area contributed by atoms with Crippen LogP contribution < -0.4 is 5.56 Å². The van der Waals surface area contributed by atoms with Crippen LogP contribution in [0.2, 0.25) is 0 Å². The number of hydrogen-bond donors (Lipinski definition) is 1. The minimum absolute atomic E-state index is 0.245. The Morgan fingerprint density at radius 1 is 1.44 bits per heavy atom. The highest BCUT2D eigenvalue weighted by molar-refractivity contribution is 6.04. The first-order chi connectivity index (χ1) is 8.65. The fourth-order valence-electron chi connectivity index (χ4n) is 1.74. The van der Waals surface area contributed by atoms with Gasteiger partial charge in [0.15, 0.2) is 5.69 Å². The lowest BCUT2D eigenvalue weighted by Crippen LogP contribution is -2.29. The van der Waals surface area contributed by atoms with E-state index in [2.05, 4.69) is 16.8 Å². The Bertz CT molecular complexity index is 661. The van der Waals surface area contributed by atoms with Gasteiger partial charge in [-0.3, -0.25) is 9.59 Å². The summed E-state index contributed by atoms with van der Waals surface area (Å²) < 4.78 is 0. The SMILES string of the molecule is C=CCN(C)C(=O)c1n[nH]c(=O)c2ccccc12. The van der Waals surface area contributed by atoms with Crippen molar-refractivity contribution in [2.24, 2.45) is 0 Å². The molecule has 0 aliphatic carbocycles. The summed E-state index contributed by atoms with van der Waals surface area (Å²) in [5.41, 5.74) is -0.0527. The Balaban J connectivity index is 2.59. The van der Waals surface area contributed by atoms with Gasteiger partial charge in [0.05, 0.1) is 5.39 Å². The number of hydrogen-bond acceptors (Lipinski definition) is 3. The Morgan fingerprint density at radius 2 is 2.11 bits per heavy atom. The summed E-state index contributed by atoms with van der Waals surface area (Å²) in [7, 11) is 1.66. The quantitative estimate of drug-likeness (QED) is 0.823. The zero-order chi connectivity index (χ0) is 13.1. The van der Waals surface area contributed by atoms with E-state index in [4.69, 9.17) is 0 Å². The van der Waals surface area contributed by atoms with E-state index in [-0.39, 0.29) is 17.2 Å². The van der Waals surface area contributed by atoms with Crippen LogP contribution in [-0.2, 0) is 0 Å². The molecule has 0 spiro atoms. The van der Waals surface area contributed by atoms with Gasteiger partial charge in [0.1, 0.15) is 0 Å². The lowest BCUT2D eigenvalue weighted by molar-refractivity contribution is 0.0805. The van der Waals surface area contributed by atoms with Crippen molar-refractivity contribution in [2.45, 2.75) is 0 Å². The molecule has 1 amide bonds. The summed E-state index contributed by atoms with van der Waals surface area (Å²) in [6, 6.07) is 6.90. The van der Waals surface area contributed by atoms with Crippen molar-refractivity contribution < 1.29 is 4.79 Å². The number of H-pyrrole nitrogens is 1. The number of nitrogens with zero attached hydrogens (tertiary/aromatic N) is 2. The van der Waals surface area contributed by atoms with Crippen LogP contribution in [0.4, 0.5) is 0 Å². The van der Waals surface area contributed by atoms with Crippen LogP contribution in [-0.4, -0.2) is 34.6 Å². The highest BCUT2D eigenvalue weighted by atomic mass is 16.2. The van der Waals surface area contributed by atoms with Crippen molar-refractivity contribution in [1.29, 1.82) is 0 Å². The summed E-state index contributed by atoms with van der Waals surface area (Å²) in [5.74, 6) is -0.248. The predicted octanol–water partition coefficient (Wildman–Crippen LogP) is 1.18. The Labute approximate surface area is 104 Å². The molecule has 0 aliphatic heterocycles. The summed E-state index contributed by atoms with van der Waals surface area (Å²) >= 11 is 0. The van der Waals surface area contributed by atoms with Crippen LogP contribution in [0.15, 0.2) is 41.7 Å². The van der Waals surface area contributed by atoms with Gasteiger partial charge in [-0.25, -0.2) is 5.10 Å². The topological polar surface area (TPSA) is 66.1 Å². The summed E-state index contributed by atoms with van der Waals surface area (Å²) in [5, 5.41) is 7.21. The molecule has 0 atom stereocenters. The van der Waals surface area contributed by atoms with Gasteiger partial charge < -0.3 is 4.90 Å². The number of aromatic amines is 1. The van der Waals surface area contributed by atoms with Crippen LogP contribution in [0.1, 0.15) is 10.5 Å². The zero-order valence-electron chi connectivity index (χ0n) is 10.0. The smallest absolute Gasteiger partial charge is 0.274 e. The van der Waals surface area contributed by atoms with Crippen molar-refractivity contribution in [2.75, 3.05) is 13.6 Å². The number of amides is 1. The molecule has 5 nitrogen and oxygen atoms in total. The molecule has 1 heterocycles. The first-order valence-corrected chi connectivity index (χ1v) is 5.49. The molecule has 0 saturated carbocycles. The average Bonchev–Trinajstić information content (AvgIpc) is 2.39. The summed E-state index contributed by atoms with van der Waals surface area (Å²) in [6.07, 6.45) is 1.63. The largest absolute Gasteiger partial charge is 0.337 e. The highest BCUT2D eigenvalue weighted by Crippen LogP contribution is 2.13. The summed E-state index contributed by atoms with van der Waals surface area (Å²) in [6.45, 7) is 4.01. The van der Waals surface area contributed by atoms with Crippen molar-refractivity contribution in [3.8, 4) is 0 Å². The number of nitrogens with one attached hydrogen (secondary N) is 1. The number of carbonyl (C=O) groups excluding carboxylic acids is 1. The van der Waals surface area contributed by atoms with Gasteiger partial charge in [-0.05, 0) is 6.07 Å². The van der Waals surface area contributed by atoms with Crippen LogP contribution in [0.25, 0.3) is 10.8 Å². The van der Waals surface area contributed by atoms with Gasteiger partial charge in [0.25, 0.3) is 11.5 Å². The van der Waals surface area contributed by atoms with Crippen molar-refractivity contribution in [3.05, 3.63) is 53.0 Å². The number of benzene rings is 1. The van der Waals surface area contributed by atoms with Crippen LogP contribution >= 0.6 is 0 Å². The lowest BCUT2D eigenvalue weighted by Gasteiger charge is -2.14. The van der Waals surface area contributed by atoms with Crippen LogP contribution in [0.5, 0.6) is 0 Å². The first-order valence-electron chi connectivity index (χ1n) is 5.49. The second-order valence-corrected chi connectivity index (χ2v) is 3.92. The number of carbonyl (C=O) groups is 1. The van der Waals surface area contributed by atoms with Gasteiger partial charge in [0.2, 0.25) is 0 Å². The monoisotopic (exact) mass is 243 g/mol. The van der Waals surface area contributed by atoms with Crippen LogP contribution in [0.3, 0.4) is 0 Å². The highest BCUT2D eigenvalue weighted by Gasteiger charge is 2.16. The fraction of sp³-hybridized carbons (Fsp3) is 0.154. The lowest BCUT2D eigenvalue weighted by atomic mass is 10.1. The fourth-order valence-corrected chi connectivity index (χ4v) is 1.74. The van der Waals surface area contributed by atoms with Crippen molar-refractivity contribution in [3.63, 3.8) is 0 Å². The predicted molar refractivity (Wildman–Crippen MR) is 69.5 cm³/mol. The molecule has 92 valence electrons. The standard InChI is InChI=1S/C13H13N3O2/c1-3-8-16(2)13(18)11-9-6-4-5-7-10(9)12(17)15-14-11/h3-7H,1,8H2,2H3,(H,15,17). The molecule has 0 bridgehead atoms. The zero-order valence-corrected chi connectivity index (χ0v) is 10.0. The maximum atomic E-state index is 12.2.